The molecule has 8 nitrogen and oxygen atoms in total. The lowest BCUT2D eigenvalue weighted by molar-refractivity contribution is -0.121. The van der Waals surface area contributed by atoms with Crippen LogP contribution in [0.5, 0.6) is 0 Å². The number of nitrogens with zero attached hydrogens (tertiary/aromatic N) is 5. The second-order valence-electron chi connectivity index (χ2n) is 6.68. The van der Waals surface area contributed by atoms with Crippen molar-refractivity contribution in [1.29, 1.82) is 0 Å². The van der Waals surface area contributed by atoms with Gasteiger partial charge in [0.15, 0.2) is 11.8 Å². The first-order valence-electron chi connectivity index (χ1n) is 9.30. The number of hydrogen-bond acceptors (Lipinski definition) is 4. The average Bonchev–Trinajstić information content (AvgIpc) is 3.24. The van der Waals surface area contributed by atoms with Gasteiger partial charge in [-0.25, -0.2) is 9.67 Å². The minimum absolute atomic E-state index is 0. The summed E-state index contributed by atoms with van der Waals surface area (Å²) in [6, 6.07) is 5.88. The molecule has 2 aromatic heterocycles. The quantitative estimate of drug-likeness (QED) is 0.374. The molecule has 0 bridgehead atoms. The molecule has 9 heteroatoms. The largest absolute Gasteiger partial charge is 0.359 e. The van der Waals surface area contributed by atoms with Gasteiger partial charge in [-0.1, -0.05) is 0 Å². The van der Waals surface area contributed by atoms with E-state index in [9.17, 15) is 4.79 Å². The Labute approximate surface area is 182 Å². The Kier molecular flexibility index (Phi) is 8.68. The lowest BCUT2D eigenvalue weighted by Gasteiger charge is -2.34. The Balaban J connectivity index is 0.00000280. The van der Waals surface area contributed by atoms with Gasteiger partial charge in [0.2, 0.25) is 5.91 Å². The van der Waals surface area contributed by atoms with E-state index in [0.717, 1.165) is 43.3 Å². The third kappa shape index (κ3) is 5.91. The molecular formula is C19H28IN7O. The molecule has 0 aromatic carbocycles. The number of hydrogen-bond donors (Lipinski definition) is 2. The van der Waals surface area contributed by atoms with Crippen LogP contribution >= 0.6 is 24.0 Å². The number of nitrogens with one attached hydrogen (secondary N) is 2. The molecule has 3 rings (SSSR count). The van der Waals surface area contributed by atoms with E-state index in [1.807, 2.05) is 24.4 Å². The molecule has 1 fully saturated rings. The number of pyridine rings is 1. The average molecular weight is 497 g/mol. The third-order valence-corrected chi connectivity index (χ3v) is 4.88. The fourth-order valence-electron chi connectivity index (χ4n) is 3.33. The maximum Gasteiger partial charge on any atom is 0.220 e. The van der Waals surface area contributed by atoms with Crippen molar-refractivity contribution in [2.75, 3.05) is 27.2 Å². The van der Waals surface area contributed by atoms with E-state index in [4.69, 9.17) is 0 Å². The Morgan fingerprint density at radius 2 is 2.11 bits per heavy atom. The van der Waals surface area contributed by atoms with Crippen molar-refractivity contribution in [1.82, 2.24) is 30.3 Å². The van der Waals surface area contributed by atoms with E-state index >= 15 is 0 Å². The van der Waals surface area contributed by atoms with E-state index in [0.29, 0.717) is 18.9 Å². The molecule has 2 aromatic rings. The third-order valence-electron chi connectivity index (χ3n) is 4.88. The predicted octanol–water partition coefficient (Wildman–Crippen LogP) is 1.81. The molecule has 1 amide bonds. The van der Waals surface area contributed by atoms with E-state index in [2.05, 4.69) is 30.6 Å². The second kappa shape index (κ2) is 11.0. The topological polar surface area (TPSA) is 87.4 Å². The van der Waals surface area contributed by atoms with Crippen molar-refractivity contribution in [2.24, 2.45) is 10.9 Å². The number of guanidine groups is 1. The zero-order valence-electron chi connectivity index (χ0n) is 16.3. The van der Waals surface area contributed by atoms with Gasteiger partial charge in [-0.2, -0.15) is 5.10 Å². The first kappa shape index (κ1) is 22.1. The number of halogens is 1. The Morgan fingerprint density at radius 1 is 1.32 bits per heavy atom. The zero-order chi connectivity index (χ0) is 19.1. The number of likely N-dealkylation sites (tertiary alicyclic amines) is 1. The summed E-state index contributed by atoms with van der Waals surface area (Å²) in [7, 11) is 3.50. The molecular weight excluding hydrogens is 469 g/mol. The van der Waals surface area contributed by atoms with Gasteiger partial charge in [0.1, 0.15) is 0 Å². The van der Waals surface area contributed by atoms with Crippen LogP contribution in [0.2, 0.25) is 0 Å². The molecule has 1 aliphatic rings. The molecule has 3 heterocycles. The molecule has 2 N–H and O–H groups in total. The minimum atomic E-state index is 0. The number of carbonyl (C=O) groups is 1. The standard InChI is InChI=1S/C19H27N7O.HI/c1-20-18(27)13-15-5-10-25(11-6-15)19(21-2)23-14-16-4-8-22-17(12-16)26-9-3-7-24-26;/h3-4,7-9,12,15H,5-6,10-11,13-14H2,1-2H3,(H,20,27)(H,21,23);1H. The van der Waals surface area contributed by atoms with Gasteiger partial charge in [0.05, 0.1) is 0 Å². The van der Waals surface area contributed by atoms with Crippen molar-refractivity contribution in [3.05, 3.63) is 42.4 Å². The monoisotopic (exact) mass is 497 g/mol. The number of rotatable bonds is 5. The van der Waals surface area contributed by atoms with E-state index in [-0.39, 0.29) is 29.9 Å². The fourth-order valence-corrected chi connectivity index (χ4v) is 3.33. The van der Waals surface area contributed by atoms with E-state index in [1.165, 1.54) is 0 Å². The molecule has 0 unspecified atom stereocenters. The van der Waals surface area contributed by atoms with Crippen LogP contribution in [0.4, 0.5) is 0 Å². The summed E-state index contributed by atoms with van der Waals surface area (Å²) in [5, 5.41) is 10.4. The molecule has 152 valence electrons. The Bertz CT molecular complexity index is 770. The number of piperidine rings is 1. The summed E-state index contributed by atoms with van der Waals surface area (Å²) < 4.78 is 1.75. The first-order valence-corrected chi connectivity index (χ1v) is 9.30. The molecule has 0 radical (unpaired) electrons. The van der Waals surface area contributed by atoms with Gasteiger partial charge >= 0.3 is 0 Å². The lowest BCUT2D eigenvalue weighted by Crippen LogP contribution is -2.45. The van der Waals surface area contributed by atoms with Crippen molar-refractivity contribution in [2.45, 2.75) is 25.8 Å². The van der Waals surface area contributed by atoms with Gasteiger partial charge in [0, 0.05) is 58.7 Å². The van der Waals surface area contributed by atoms with Crippen molar-refractivity contribution < 1.29 is 4.79 Å². The molecule has 1 aliphatic heterocycles. The highest BCUT2D eigenvalue weighted by Gasteiger charge is 2.23. The number of amides is 1. The Morgan fingerprint density at radius 3 is 2.75 bits per heavy atom. The molecule has 0 atom stereocenters. The van der Waals surface area contributed by atoms with Gasteiger partial charge in [-0.3, -0.25) is 9.79 Å². The van der Waals surface area contributed by atoms with Crippen LogP contribution < -0.4 is 10.6 Å². The van der Waals surface area contributed by atoms with Crippen LogP contribution in [0.25, 0.3) is 5.82 Å². The second-order valence-corrected chi connectivity index (χ2v) is 6.68. The van der Waals surface area contributed by atoms with E-state index < -0.39 is 0 Å². The summed E-state index contributed by atoms with van der Waals surface area (Å²) in [4.78, 5) is 22.6. The highest BCUT2D eigenvalue weighted by Crippen LogP contribution is 2.20. The molecule has 1 saturated heterocycles. The maximum atomic E-state index is 11.6. The van der Waals surface area contributed by atoms with Crippen molar-refractivity contribution >= 4 is 35.8 Å². The molecule has 0 saturated carbocycles. The van der Waals surface area contributed by atoms with Gasteiger partial charge in [-0.15, -0.1) is 24.0 Å². The van der Waals surface area contributed by atoms with Gasteiger partial charge < -0.3 is 15.5 Å². The number of aromatic nitrogens is 3. The SMILES string of the molecule is CN=C(NCc1ccnc(-n2cccn2)c1)N1CCC(CC(=O)NC)CC1.I. The van der Waals surface area contributed by atoms with Crippen LogP contribution in [0.3, 0.4) is 0 Å². The van der Waals surface area contributed by atoms with Crippen LogP contribution in [0.15, 0.2) is 41.8 Å². The fraction of sp³-hybridized carbons (Fsp3) is 0.474. The highest BCUT2D eigenvalue weighted by molar-refractivity contribution is 14.0. The Hall–Kier alpha value is -2.17. The smallest absolute Gasteiger partial charge is 0.220 e. The summed E-state index contributed by atoms with van der Waals surface area (Å²) >= 11 is 0. The van der Waals surface area contributed by atoms with Crippen molar-refractivity contribution in [3.63, 3.8) is 0 Å². The summed E-state index contributed by atoms with van der Waals surface area (Å²) in [6.45, 7) is 2.49. The summed E-state index contributed by atoms with van der Waals surface area (Å²) in [5.41, 5.74) is 1.12. The van der Waals surface area contributed by atoms with Crippen LogP contribution in [0, 0.1) is 5.92 Å². The van der Waals surface area contributed by atoms with Crippen LogP contribution in [0.1, 0.15) is 24.8 Å². The molecule has 0 spiro atoms. The molecule has 28 heavy (non-hydrogen) atoms. The minimum Gasteiger partial charge on any atom is -0.359 e. The zero-order valence-corrected chi connectivity index (χ0v) is 18.7. The van der Waals surface area contributed by atoms with E-state index in [1.54, 1.807) is 31.2 Å². The normalized spacial score (nSPS) is 15.1. The summed E-state index contributed by atoms with van der Waals surface area (Å²) in [6.07, 6.45) is 8.04. The first-order chi connectivity index (χ1) is 13.2. The van der Waals surface area contributed by atoms with Gasteiger partial charge in [-0.05, 0) is 42.5 Å². The van der Waals surface area contributed by atoms with Crippen LogP contribution in [-0.4, -0.2) is 58.7 Å². The predicted molar refractivity (Wildman–Crippen MR) is 120 cm³/mol. The van der Waals surface area contributed by atoms with Gasteiger partial charge in [0.25, 0.3) is 0 Å². The summed E-state index contributed by atoms with van der Waals surface area (Å²) in [5.74, 6) is 2.27. The van der Waals surface area contributed by atoms with Crippen molar-refractivity contribution in [3.8, 4) is 5.82 Å². The lowest BCUT2D eigenvalue weighted by atomic mass is 9.93. The maximum absolute atomic E-state index is 11.6. The number of aliphatic imine (C=N–C) groups is 1. The molecule has 0 aliphatic carbocycles. The number of carbonyl (C=O) groups excluding carboxylic acids is 1. The van der Waals surface area contributed by atoms with Crippen LogP contribution in [-0.2, 0) is 11.3 Å². The highest BCUT2D eigenvalue weighted by atomic mass is 127.